The second kappa shape index (κ2) is 10.4. The summed E-state index contributed by atoms with van der Waals surface area (Å²) in [6.07, 6.45) is 3.83. The molecular formula is C8H16O2Zr+3. The van der Waals surface area contributed by atoms with E-state index >= 15 is 0 Å². The molecule has 0 saturated heterocycles. The number of hydrogen-bond acceptors (Lipinski definition) is 2. The monoisotopic (exact) mass is 234 g/mol. The van der Waals surface area contributed by atoms with E-state index in [1.807, 2.05) is 6.92 Å². The minimum absolute atomic E-state index is 0. The fraction of sp³-hybridized carbons (Fsp3) is 0.875. The van der Waals surface area contributed by atoms with Crippen LogP contribution in [0.5, 0.6) is 0 Å². The zero-order valence-corrected chi connectivity index (χ0v) is 9.81. The van der Waals surface area contributed by atoms with E-state index in [0.717, 1.165) is 19.3 Å². The molecule has 0 amide bonds. The molecule has 0 unspecified atom stereocenters. The number of carbonyl (C=O) groups excluding carboxylic acids is 1. The standard InChI is InChI=1S/C8H16O2.Zr/c1-3-5-6-7-8(9)10-4-2;/h3-7H2,1-2H3;/q;+3. The average Bonchev–Trinajstić information content (AvgIpc) is 1.89. The Morgan fingerprint density at radius 1 is 1.27 bits per heavy atom. The molecule has 3 heteroatoms. The SMILES string of the molecule is CCCCCC(=O)OCC.[Zr+3]. The zero-order chi connectivity index (χ0) is 7.82. The Morgan fingerprint density at radius 3 is 2.36 bits per heavy atom. The molecule has 0 fully saturated rings. The van der Waals surface area contributed by atoms with Gasteiger partial charge in [-0.1, -0.05) is 19.8 Å². The fourth-order valence-corrected chi connectivity index (χ4v) is 0.752. The van der Waals surface area contributed by atoms with Gasteiger partial charge < -0.3 is 4.74 Å². The Labute approximate surface area is 87.8 Å². The molecule has 0 atom stereocenters. The molecule has 1 radical (unpaired) electrons. The maximum atomic E-state index is 10.7. The van der Waals surface area contributed by atoms with E-state index in [1.165, 1.54) is 0 Å². The van der Waals surface area contributed by atoms with Crippen LogP contribution >= 0.6 is 0 Å². The minimum Gasteiger partial charge on any atom is -0.466 e. The van der Waals surface area contributed by atoms with Gasteiger partial charge in [-0.15, -0.1) is 0 Å². The van der Waals surface area contributed by atoms with Crippen LogP contribution in [-0.4, -0.2) is 12.6 Å². The van der Waals surface area contributed by atoms with Crippen molar-refractivity contribution in [2.24, 2.45) is 0 Å². The average molecular weight is 235 g/mol. The van der Waals surface area contributed by atoms with Crippen molar-refractivity contribution in [3.8, 4) is 0 Å². The molecule has 0 rings (SSSR count). The van der Waals surface area contributed by atoms with E-state index < -0.39 is 0 Å². The van der Waals surface area contributed by atoms with E-state index in [2.05, 4.69) is 6.92 Å². The summed E-state index contributed by atoms with van der Waals surface area (Å²) in [5, 5.41) is 0. The van der Waals surface area contributed by atoms with Crippen LogP contribution in [0.2, 0.25) is 0 Å². The zero-order valence-electron chi connectivity index (χ0n) is 7.35. The van der Waals surface area contributed by atoms with Crippen LogP contribution < -0.4 is 0 Å². The second-order valence-electron chi connectivity index (χ2n) is 2.26. The molecule has 0 aromatic heterocycles. The van der Waals surface area contributed by atoms with Gasteiger partial charge in [0.15, 0.2) is 0 Å². The maximum absolute atomic E-state index is 10.7. The molecule has 0 aliphatic heterocycles. The molecule has 11 heavy (non-hydrogen) atoms. The minimum atomic E-state index is -0.0593. The van der Waals surface area contributed by atoms with Crippen LogP contribution in [0.25, 0.3) is 0 Å². The van der Waals surface area contributed by atoms with E-state index in [-0.39, 0.29) is 32.2 Å². The first-order valence-corrected chi connectivity index (χ1v) is 3.96. The number of carbonyl (C=O) groups is 1. The molecule has 61 valence electrons. The van der Waals surface area contributed by atoms with Crippen LogP contribution in [0.3, 0.4) is 0 Å². The molecule has 2 nitrogen and oxygen atoms in total. The number of esters is 1. The van der Waals surface area contributed by atoms with Crippen molar-refractivity contribution in [1.29, 1.82) is 0 Å². The van der Waals surface area contributed by atoms with Crippen LogP contribution in [0.1, 0.15) is 39.5 Å². The Balaban J connectivity index is 0. The summed E-state index contributed by atoms with van der Waals surface area (Å²) in [5.74, 6) is -0.0593. The van der Waals surface area contributed by atoms with Crippen molar-refractivity contribution in [2.45, 2.75) is 39.5 Å². The molecule has 0 saturated carbocycles. The van der Waals surface area contributed by atoms with Crippen molar-refractivity contribution >= 4 is 5.97 Å². The Kier molecular flexibility index (Phi) is 13.1. The molecule has 0 N–H and O–H groups in total. The van der Waals surface area contributed by atoms with Gasteiger partial charge in [0.2, 0.25) is 0 Å². The summed E-state index contributed by atoms with van der Waals surface area (Å²) >= 11 is 0. The van der Waals surface area contributed by atoms with Crippen LogP contribution in [0.4, 0.5) is 0 Å². The van der Waals surface area contributed by atoms with E-state index in [4.69, 9.17) is 4.74 Å². The van der Waals surface area contributed by atoms with Crippen molar-refractivity contribution < 1.29 is 35.7 Å². The van der Waals surface area contributed by atoms with Crippen LogP contribution in [0, 0.1) is 0 Å². The van der Waals surface area contributed by atoms with Gasteiger partial charge in [0, 0.05) is 6.42 Å². The summed E-state index contributed by atoms with van der Waals surface area (Å²) in [4.78, 5) is 10.7. The fourth-order valence-electron chi connectivity index (χ4n) is 0.752. The smallest absolute Gasteiger partial charge is 0.466 e. The molecule has 0 aliphatic rings. The third kappa shape index (κ3) is 10.4. The summed E-state index contributed by atoms with van der Waals surface area (Å²) in [5.41, 5.74) is 0. The molecule has 0 heterocycles. The Bertz CT molecular complexity index is 94.1. The maximum Gasteiger partial charge on any atom is 3.00 e. The number of unbranched alkanes of at least 4 members (excludes halogenated alkanes) is 2. The van der Waals surface area contributed by atoms with E-state index in [9.17, 15) is 4.79 Å². The summed E-state index contributed by atoms with van der Waals surface area (Å²) in [6, 6.07) is 0. The van der Waals surface area contributed by atoms with Crippen molar-refractivity contribution in [2.75, 3.05) is 6.61 Å². The van der Waals surface area contributed by atoms with E-state index in [0.29, 0.717) is 13.0 Å². The van der Waals surface area contributed by atoms with Crippen LogP contribution in [0.15, 0.2) is 0 Å². The summed E-state index contributed by atoms with van der Waals surface area (Å²) in [6.45, 7) is 4.45. The Morgan fingerprint density at radius 2 is 1.91 bits per heavy atom. The third-order valence-corrected chi connectivity index (χ3v) is 1.29. The second-order valence-corrected chi connectivity index (χ2v) is 2.26. The van der Waals surface area contributed by atoms with Gasteiger partial charge in [0.05, 0.1) is 6.61 Å². The molecule has 0 aromatic rings. The summed E-state index contributed by atoms with van der Waals surface area (Å²) in [7, 11) is 0. The van der Waals surface area contributed by atoms with Crippen molar-refractivity contribution in [1.82, 2.24) is 0 Å². The van der Waals surface area contributed by atoms with Gasteiger partial charge in [-0.3, -0.25) is 4.79 Å². The third-order valence-electron chi connectivity index (χ3n) is 1.29. The first-order valence-electron chi connectivity index (χ1n) is 3.96. The Hall–Kier alpha value is 0.353. The normalized spacial score (nSPS) is 8.55. The van der Waals surface area contributed by atoms with Crippen LogP contribution in [-0.2, 0) is 35.7 Å². The first kappa shape index (κ1) is 13.9. The first-order chi connectivity index (χ1) is 4.81. The topological polar surface area (TPSA) is 26.3 Å². The van der Waals surface area contributed by atoms with Crippen molar-refractivity contribution in [3.05, 3.63) is 0 Å². The van der Waals surface area contributed by atoms with Crippen molar-refractivity contribution in [3.63, 3.8) is 0 Å². The number of ether oxygens (including phenoxy) is 1. The van der Waals surface area contributed by atoms with Gasteiger partial charge in [0.25, 0.3) is 0 Å². The van der Waals surface area contributed by atoms with Gasteiger partial charge in [-0.05, 0) is 13.3 Å². The molecule has 0 aromatic carbocycles. The number of hydrogen-bond donors (Lipinski definition) is 0. The summed E-state index contributed by atoms with van der Waals surface area (Å²) < 4.78 is 4.75. The van der Waals surface area contributed by atoms with E-state index in [1.54, 1.807) is 0 Å². The predicted octanol–water partition coefficient (Wildman–Crippen LogP) is 2.13. The van der Waals surface area contributed by atoms with Gasteiger partial charge in [-0.25, -0.2) is 0 Å². The molecule has 0 aliphatic carbocycles. The predicted molar refractivity (Wildman–Crippen MR) is 40.8 cm³/mol. The molecule has 0 spiro atoms. The largest absolute Gasteiger partial charge is 3.00 e. The quantitative estimate of drug-likeness (QED) is 0.539. The van der Waals surface area contributed by atoms with Gasteiger partial charge >= 0.3 is 32.2 Å². The van der Waals surface area contributed by atoms with Gasteiger partial charge in [-0.2, -0.15) is 0 Å². The molecule has 0 bridgehead atoms. The molecular weight excluding hydrogens is 219 g/mol. The number of rotatable bonds is 5. The van der Waals surface area contributed by atoms with Gasteiger partial charge in [0.1, 0.15) is 0 Å².